The fourth-order valence-electron chi connectivity index (χ4n) is 2.16. The lowest BCUT2D eigenvalue weighted by Crippen LogP contribution is -2.52. The molecule has 0 heterocycles. The molecular weight excluding hydrogens is 224 g/mol. The van der Waals surface area contributed by atoms with Crippen molar-refractivity contribution in [3.63, 3.8) is 0 Å². The van der Waals surface area contributed by atoms with Crippen LogP contribution in [0.15, 0.2) is 23.2 Å². The molecule has 1 saturated carbocycles. The average molecular weight is 246 g/mol. The van der Waals surface area contributed by atoms with E-state index >= 15 is 0 Å². The Morgan fingerprint density at radius 2 is 2.06 bits per heavy atom. The third-order valence-electron chi connectivity index (χ3n) is 3.17. The van der Waals surface area contributed by atoms with Gasteiger partial charge < -0.3 is 10.4 Å². The van der Waals surface area contributed by atoms with Crippen LogP contribution in [0.4, 0.5) is 5.69 Å². The lowest BCUT2D eigenvalue weighted by atomic mass is 9.87. The molecule has 98 valence electrons. The Balaban J connectivity index is 2.19. The van der Waals surface area contributed by atoms with E-state index in [0.29, 0.717) is 11.7 Å². The van der Waals surface area contributed by atoms with Crippen molar-refractivity contribution >= 4 is 11.4 Å². The molecule has 0 radical (unpaired) electrons. The summed E-state index contributed by atoms with van der Waals surface area (Å²) in [7, 11) is 0. The number of hydrogen-bond acceptors (Lipinski definition) is 3. The zero-order valence-corrected chi connectivity index (χ0v) is 11.6. The molecular formula is C15H22N2O. The molecule has 1 aromatic rings. The van der Waals surface area contributed by atoms with E-state index < -0.39 is 0 Å². The van der Waals surface area contributed by atoms with E-state index in [4.69, 9.17) is 0 Å². The van der Waals surface area contributed by atoms with E-state index in [2.05, 4.69) is 31.1 Å². The Kier molecular flexibility index (Phi) is 3.44. The van der Waals surface area contributed by atoms with Gasteiger partial charge in [0, 0.05) is 17.3 Å². The van der Waals surface area contributed by atoms with Crippen molar-refractivity contribution in [3.05, 3.63) is 23.8 Å². The zero-order chi connectivity index (χ0) is 13.3. The minimum Gasteiger partial charge on any atom is -0.506 e. The normalized spacial score (nSPS) is 22.0. The van der Waals surface area contributed by atoms with Crippen LogP contribution in [-0.2, 0) is 0 Å². The number of phenolic OH excluding ortho intramolecular Hbond substituents is 1. The van der Waals surface area contributed by atoms with Gasteiger partial charge in [0.25, 0.3) is 0 Å². The minimum absolute atomic E-state index is 0.0969. The van der Waals surface area contributed by atoms with Gasteiger partial charge in [-0.3, -0.25) is 4.99 Å². The summed E-state index contributed by atoms with van der Waals surface area (Å²) in [4.78, 5) is 4.63. The topological polar surface area (TPSA) is 44.6 Å². The largest absolute Gasteiger partial charge is 0.506 e. The summed E-state index contributed by atoms with van der Waals surface area (Å²) in [6.45, 7) is 8.46. The first kappa shape index (κ1) is 13.1. The number of benzene rings is 1. The van der Waals surface area contributed by atoms with Gasteiger partial charge in [-0.15, -0.1) is 0 Å². The van der Waals surface area contributed by atoms with E-state index in [9.17, 15) is 5.11 Å². The van der Waals surface area contributed by atoms with E-state index in [1.807, 2.05) is 19.1 Å². The summed E-state index contributed by atoms with van der Waals surface area (Å²) in [6, 6.07) is 5.87. The van der Waals surface area contributed by atoms with Crippen molar-refractivity contribution in [2.24, 2.45) is 4.99 Å². The molecule has 0 aromatic heterocycles. The van der Waals surface area contributed by atoms with Crippen LogP contribution in [0, 0.1) is 6.92 Å². The van der Waals surface area contributed by atoms with Crippen LogP contribution in [0.5, 0.6) is 5.75 Å². The standard InChI is InChI=1S/C15H22N2O/c1-10-6-5-7-13(18)14(10)16-11-8-9-12(11)17-15(2,3)4/h5-7,12,17-18H,8-9H2,1-4H3. The average Bonchev–Trinajstić information content (AvgIpc) is 2.23. The lowest BCUT2D eigenvalue weighted by molar-refractivity contribution is 0.371. The predicted molar refractivity (Wildman–Crippen MR) is 75.8 cm³/mol. The van der Waals surface area contributed by atoms with Crippen molar-refractivity contribution in [3.8, 4) is 5.75 Å². The fourth-order valence-corrected chi connectivity index (χ4v) is 2.16. The first-order valence-electron chi connectivity index (χ1n) is 6.50. The van der Waals surface area contributed by atoms with Crippen molar-refractivity contribution in [2.75, 3.05) is 0 Å². The van der Waals surface area contributed by atoms with Crippen molar-refractivity contribution in [1.82, 2.24) is 5.32 Å². The number of aliphatic imine (C=N–C) groups is 1. The maximum absolute atomic E-state index is 9.85. The molecule has 3 nitrogen and oxygen atoms in total. The molecule has 0 aliphatic heterocycles. The van der Waals surface area contributed by atoms with Gasteiger partial charge >= 0.3 is 0 Å². The smallest absolute Gasteiger partial charge is 0.141 e. The number of rotatable bonds is 2. The molecule has 0 bridgehead atoms. The summed E-state index contributed by atoms with van der Waals surface area (Å²) in [5, 5.41) is 13.4. The molecule has 18 heavy (non-hydrogen) atoms. The third-order valence-corrected chi connectivity index (χ3v) is 3.17. The van der Waals surface area contributed by atoms with Gasteiger partial charge in [0.15, 0.2) is 0 Å². The van der Waals surface area contributed by atoms with Crippen LogP contribution in [0.3, 0.4) is 0 Å². The minimum atomic E-state index is 0.0969. The van der Waals surface area contributed by atoms with Crippen LogP contribution in [0.1, 0.15) is 39.2 Å². The Morgan fingerprint density at radius 3 is 2.56 bits per heavy atom. The molecule has 3 heteroatoms. The fraction of sp³-hybridized carbons (Fsp3) is 0.533. The van der Waals surface area contributed by atoms with E-state index in [0.717, 1.165) is 24.1 Å². The molecule has 1 fully saturated rings. The molecule has 0 saturated heterocycles. The van der Waals surface area contributed by atoms with Gasteiger partial charge in [0.1, 0.15) is 11.4 Å². The van der Waals surface area contributed by atoms with E-state index in [1.54, 1.807) is 6.07 Å². The Labute approximate surface area is 109 Å². The molecule has 1 aromatic carbocycles. The third kappa shape index (κ3) is 2.91. The molecule has 1 atom stereocenters. The van der Waals surface area contributed by atoms with Crippen LogP contribution in [0.25, 0.3) is 0 Å². The molecule has 2 rings (SSSR count). The number of hydrogen-bond donors (Lipinski definition) is 2. The van der Waals surface area contributed by atoms with Gasteiger partial charge in [0.05, 0.1) is 0 Å². The number of para-hydroxylation sites is 1. The highest BCUT2D eigenvalue weighted by molar-refractivity contribution is 5.97. The van der Waals surface area contributed by atoms with Crippen LogP contribution >= 0.6 is 0 Å². The van der Waals surface area contributed by atoms with Gasteiger partial charge in [-0.2, -0.15) is 0 Å². The van der Waals surface area contributed by atoms with Crippen molar-refractivity contribution in [2.45, 2.75) is 52.1 Å². The molecule has 1 unspecified atom stereocenters. The lowest BCUT2D eigenvalue weighted by Gasteiger charge is -2.35. The maximum Gasteiger partial charge on any atom is 0.141 e. The molecule has 2 N–H and O–H groups in total. The van der Waals surface area contributed by atoms with E-state index in [1.165, 1.54) is 0 Å². The van der Waals surface area contributed by atoms with Crippen LogP contribution in [0.2, 0.25) is 0 Å². The van der Waals surface area contributed by atoms with E-state index in [-0.39, 0.29) is 11.3 Å². The summed E-state index contributed by atoms with van der Waals surface area (Å²) >= 11 is 0. The Bertz CT molecular complexity index is 452. The maximum atomic E-state index is 9.85. The second-order valence-electron chi connectivity index (χ2n) is 6.03. The van der Waals surface area contributed by atoms with Crippen molar-refractivity contribution < 1.29 is 5.11 Å². The summed E-state index contributed by atoms with van der Waals surface area (Å²) in [5.74, 6) is 0.268. The summed E-state index contributed by atoms with van der Waals surface area (Å²) < 4.78 is 0. The van der Waals surface area contributed by atoms with Crippen molar-refractivity contribution in [1.29, 1.82) is 0 Å². The second-order valence-corrected chi connectivity index (χ2v) is 6.03. The highest BCUT2D eigenvalue weighted by Gasteiger charge is 2.29. The molecule has 1 aliphatic rings. The monoisotopic (exact) mass is 246 g/mol. The van der Waals surface area contributed by atoms with Gasteiger partial charge in [-0.1, -0.05) is 12.1 Å². The van der Waals surface area contributed by atoms with Gasteiger partial charge in [0.2, 0.25) is 0 Å². The number of aromatic hydroxyl groups is 1. The number of nitrogens with one attached hydrogen (secondary N) is 1. The first-order chi connectivity index (χ1) is 8.37. The quantitative estimate of drug-likeness (QED) is 0.840. The zero-order valence-electron chi connectivity index (χ0n) is 11.6. The number of phenols is 1. The SMILES string of the molecule is Cc1cccc(O)c1N=C1CCC1NC(C)(C)C. The van der Waals surface area contributed by atoms with Crippen LogP contribution < -0.4 is 5.32 Å². The predicted octanol–water partition coefficient (Wildman–Crippen LogP) is 3.32. The second kappa shape index (κ2) is 4.73. The highest BCUT2D eigenvalue weighted by atomic mass is 16.3. The summed E-state index contributed by atoms with van der Waals surface area (Å²) in [5.41, 5.74) is 2.98. The Hall–Kier alpha value is -1.35. The number of aryl methyl sites for hydroxylation is 1. The highest BCUT2D eigenvalue weighted by Crippen LogP contribution is 2.32. The van der Waals surface area contributed by atoms with Gasteiger partial charge in [-0.25, -0.2) is 0 Å². The Morgan fingerprint density at radius 1 is 1.33 bits per heavy atom. The molecule has 0 spiro atoms. The first-order valence-corrected chi connectivity index (χ1v) is 6.50. The van der Waals surface area contributed by atoms with Crippen LogP contribution in [-0.4, -0.2) is 22.4 Å². The number of nitrogens with zero attached hydrogens (tertiary/aromatic N) is 1. The van der Waals surface area contributed by atoms with Gasteiger partial charge in [-0.05, 0) is 52.2 Å². The summed E-state index contributed by atoms with van der Waals surface area (Å²) in [6.07, 6.45) is 2.14. The molecule has 0 amide bonds. The molecule has 1 aliphatic carbocycles.